The van der Waals surface area contributed by atoms with Crippen molar-refractivity contribution in [3.8, 4) is 5.75 Å². The summed E-state index contributed by atoms with van der Waals surface area (Å²) in [6.07, 6.45) is 1.38. The maximum absolute atomic E-state index is 10.5. The molecule has 1 aromatic rings. The summed E-state index contributed by atoms with van der Waals surface area (Å²) in [5, 5.41) is 0. The molecule has 0 fully saturated rings. The van der Waals surface area contributed by atoms with E-state index in [9.17, 15) is 4.57 Å². The molecule has 5 heteroatoms. The van der Waals surface area contributed by atoms with E-state index in [0.29, 0.717) is 11.3 Å². The minimum absolute atomic E-state index is 0.707. The van der Waals surface area contributed by atoms with Crippen LogP contribution in [0.25, 0.3) is 6.08 Å². The third-order valence-corrected chi connectivity index (χ3v) is 2.11. The van der Waals surface area contributed by atoms with Gasteiger partial charge in [0.25, 0.3) is 0 Å². The van der Waals surface area contributed by atoms with E-state index in [2.05, 4.69) is 0 Å². The van der Waals surface area contributed by atoms with Crippen molar-refractivity contribution in [3.05, 3.63) is 35.6 Å². The summed E-state index contributed by atoms with van der Waals surface area (Å²) in [5.41, 5.74) is 0.717. The number of benzene rings is 1. The highest BCUT2D eigenvalue weighted by Gasteiger charge is 2.04. The second-order valence-corrected chi connectivity index (χ2v) is 4.15. The van der Waals surface area contributed by atoms with Gasteiger partial charge in [0.1, 0.15) is 5.75 Å². The van der Waals surface area contributed by atoms with Gasteiger partial charge in [0.05, 0.1) is 7.11 Å². The fourth-order valence-corrected chi connectivity index (χ4v) is 1.26. The number of hydrogen-bond acceptors (Lipinski definition) is 2. The maximum atomic E-state index is 10.5. The molecular weight excluding hydrogens is 203 g/mol. The van der Waals surface area contributed by atoms with Crippen LogP contribution in [0.3, 0.4) is 0 Å². The lowest BCUT2D eigenvalue weighted by Crippen LogP contribution is -1.81. The first-order valence-corrected chi connectivity index (χ1v) is 5.58. The van der Waals surface area contributed by atoms with Gasteiger partial charge in [-0.15, -0.1) is 0 Å². The average Bonchev–Trinajstić information content (AvgIpc) is 2.14. The first kappa shape index (κ1) is 11.0. The fraction of sp³-hybridized carbons (Fsp3) is 0.111. The monoisotopic (exact) mass is 214 g/mol. The van der Waals surface area contributed by atoms with Gasteiger partial charge in [-0.2, -0.15) is 0 Å². The summed E-state index contributed by atoms with van der Waals surface area (Å²) in [4.78, 5) is 17.2. The van der Waals surface area contributed by atoms with E-state index in [-0.39, 0.29) is 0 Å². The van der Waals surface area contributed by atoms with Gasteiger partial charge in [-0.3, -0.25) is 4.57 Å². The topological polar surface area (TPSA) is 66.8 Å². The van der Waals surface area contributed by atoms with E-state index in [0.717, 1.165) is 5.82 Å². The minimum Gasteiger partial charge on any atom is -0.497 e. The van der Waals surface area contributed by atoms with Crippen LogP contribution in [0.1, 0.15) is 5.56 Å². The van der Waals surface area contributed by atoms with Crippen LogP contribution in [-0.4, -0.2) is 16.9 Å². The highest BCUT2D eigenvalue weighted by Crippen LogP contribution is 2.36. The summed E-state index contributed by atoms with van der Waals surface area (Å²) in [5.74, 6) is 1.58. The largest absolute Gasteiger partial charge is 0.497 e. The van der Waals surface area contributed by atoms with Crippen LogP contribution in [0.5, 0.6) is 5.75 Å². The van der Waals surface area contributed by atoms with Gasteiger partial charge in [0, 0.05) is 5.82 Å². The van der Waals surface area contributed by atoms with Gasteiger partial charge in [-0.1, -0.05) is 12.1 Å². The van der Waals surface area contributed by atoms with Gasteiger partial charge in [-0.25, -0.2) is 0 Å². The first-order valence-electron chi connectivity index (χ1n) is 3.90. The SMILES string of the molecule is COc1ccc(C=CP(=O)(O)O)cc1. The molecule has 0 spiro atoms. The van der Waals surface area contributed by atoms with E-state index in [1.165, 1.54) is 6.08 Å². The van der Waals surface area contributed by atoms with Crippen molar-refractivity contribution in [2.75, 3.05) is 7.11 Å². The number of ether oxygens (including phenoxy) is 1. The molecule has 14 heavy (non-hydrogen) atoms. The Hall–Kier alpha value is -1.09. The summed E-state index contributed by atoms with van der Waals surface area (Å²) < 4.78 is 15.4. The average molecular weight is 214 g/mol. The molecule has 0 aliphatic rings. The summed E-state index contributed by atoms with van der Waals surface area (Å²) in [6, 6.07) is 6.87. The summed E-state index contributed by atoms with van der Waals surface area (Å²) >= 11 is 0. The Morgan fingerprint density at radius 3 is 2.29 bits per heavy atom. The van der Waals surface area contributed by atoms with E-state index in [4.69, 9.17) is 14.5 Å². The second-order valence-electron chi connectivity index (χ2n) is 2.68. The number of rotatable bonds is 3. The molecule has 0 aliphatic heterocycles. The zero-order valence-electron chi connectivity index (χ0n) is 7.62. The van der Waals surface area contributed by atoms with Gasteiger partial charge >= 0.3 is 7.60 Å². The van der Waals surface area contributed by atoms with Gasteiger partial charge in [0.2, 0.25) is 0 Å². The maximum Gasteiger partial charge on any atom is 0.349 e. The molecule has 4 nitrogen and oxygen atoms in total. The lowest BCUT2D eigenvalue weighted by atomic mass is 10.2. The standard InChI is InChI=1S/C9H11O4P/c1-13-9-4-2-8(3-5-9)6-7-14(10,11)12/h2-7H,1H3,(H2,10,11,12). The molecule has 1 aromatic carbocycles. The van der Waals surface area contributed by atoms with Crippen LogP contribution in [0.15, 0.2) is 30.1 Å². The van der Waals surface area contributed by atoms with Crippen molar-refractivity contribution in [2.24, 2.45) is 0 Å². The lowest BCUT2D eigenvalue weighted by molar-refractivity contribution is 0.386. The molecule has 76 valence electrons. The van der Waals surface area contributed by atoms with Crippen LogP contribution >= 0.6 is 7.60 Å². The fourth-order valence-electron chi connectivity index (χ4n) is 0.898. The molecule has 0 saturated carbocycles. The van der Waals surface area contributed by atoms with Crippen molar-refractivity contribution < 1.29 is 19.1 Å². The van der Waals surface area contributed by atoms with Crippen LogP contribution in [0.4, 0.5) is 0 Å². The number of hydrogen-bond donors (Lipinski definition) is 2. The van der Waals surface area contributed by atoms with Gasteiger partial charge < -0.3 is 14.5 Å². The Balaban J connectivity index is 2.79. The minimum atomic E-state index is -4.06. The van der Waals surface area contributed by atoms with Crippen LogP contribution in [-0.2, 0) is 4.57 Å². The predicted molar refractivity (Wildman–Crippen MR) is 54.1 cm³/mol. The molecule has 0 aliphatic carbocycles. The van der Waals surface area contributed by atoms with E-state index >= 15 is 0 Å². The van der Waals surface area contributed by atoms with E-state index in [1.54, 1.807) is 31.4 Å². The van der Waals surface area contributed by atoms with E-state index in [1.807, 2.05) is 0 Å². The highest BCUT2D eigenvalue weighted by atomic mass is 31.2. The third kappa shape index (κ3) is 3.75. The summed E-state index contributed by atoms with van der Waals surface area (Å²) in [6.45, 7) is 0. The summed E-state index contributed by atoms with van der Waals surface area (Å²) in [7, 11) is -2.51. The zero-order chi connectivity index (χ0) is 10.6. The Labute approximate surface area is 82.0 Å². The molecular formula is C9H11O4P. The zero-order valence-corrected chi connectivity index (χ0v) is 8.52. The molecule has 0 atom stereocenters. The molecule has 0 radical (unpaired) electrons. The van der Waals surface area contributed by atoms with Gasteiger partial charge in [-0.05, 0) is 23.8 Å². The molecule has 0 amide bonds. The molecule has 0 saturated heterocycles. The Morgan fingerprint density at radius 2 is 1.86 bits per heavy atom. The smallest absolute Gasteiger partial charge is 0.349 e. The first-order chi connectivity index (χ1) is 6.51. The molecule has 0 heterocycles. The van der Waals surface area contributed by atoms with Crippen molar-refractivity contribution in [1.29, 1.82) is 0 Å². The second kappa shape index (κ2) is 4.42. The van der Waals surface area contributed by atoms with Crippen molar-refractivity contribution in [1.82, 2.24) is 0 Å². The van der Waals surface area contributed by atoms with Gasteiger partial charge in [0.15, 0.2) is 0 Å². The Kier molecular flexibility index (Phi) is 3.47. The number of methoxy groups -OCH3 is 1. The van der Waals surface area contributed by atoms with Crippen LogP contribution in [0, 0.1) is 0 Å². The molecule has 0 bridgehead atoms. The Morgan fingerprint density at radius 1 is 1.29 bits per heavy atom. The third-order valence-electron chi connectivity index (χ3n) is 1.58. The molecule has 0 aromatic heterocycles. The highest BCUT2D eigenvalue weighted by molar-refractivity contribution is 7.55. The lowest BCUT2D eigenvalue weighted by Gasteiger charge is -1.99. The normalized spacial score (nSPS) is 11.9. The Bertz CT molecular complexity index is 363. The van der Waals surface area contributed by atoms with E-state index < -0.39 is 7.60 Å². The van der Waals surface area contributed by atoms with Crippen LogP contribution < -0.4 is 4.74 Å². The van der Waals surface area contributed by atoms with Crippen molar-refractivity contribution >= 4 is 13.7 Å². The van der Waals surface area contributed by atoms with Crippen molar-refractivity contribution in [3.63, 3.8) is 0 Å². The quantitative estimate of drug-likeness (QED) is 0.753. The van der Waals surface area contributed by atoms with Crippen LogP contribution in [0.2, 0.25) is 0 Å². The molecule has 1 rings (SSSR count). The predicted octanol–water partition coefficient (Wildman–Crippen LogP) is 1.84. The molecule has 0 unspecified atom stereocenters. The van der Waals surface area contributed by atoms with Crippen molar-refractivity contribution in [2.45, 2.75) is 0 Å². The molecule has 2 N–H and O–H groups in total.